The van der Waals surface area contributed by atoms with Crippen LogP contribution >= 0.6 is 0 Å². The van der Waals surface area contributed by atoms with E-state index in [9.17, 15) is 14.0 Å². The number of aromatic nitrogens is 1. The maximum atomic E-state index is 13.5. The molecule has 1 aromatic carbocycles. The molecule has 0 bridgehead atoms. The summed E-state index contributed by atoms with van der Waals surface area (Å²) in [7, 11) is 0. The first kappa shape index (κ1) is 19.8. The van der Waals surface area contributed by atoms with E-state index in [-0.39, 0.29) is 36.6 Å². The fourth-order valence-electron chi connectivity index (χ4n) is 3.18. The van der Waals surface area contributed by atoms with E-state index >= 15 is 0 Å². The molecule has 1 atom stereocenters. The minimum absolute atomic E-state index is 0.0721. The van der Waals surface area contributed by atoms with Crippen molar-refractivity contribution < 1.29 is 18.7 Å². The van der Waals surface area contributed by atoms with Gasteiger partial charge < -0.3 is 15.0 Å². The number of para-hydroxylation sites is 1. The highest BCUT2D eigenvalue weighted by Gasteiger charge is 2.29. The van der Waals surface area contributed by atoms with Gasteiger partial charge in [-0.2, -0.15) is 0 Å². The molecule has 6 nitrogen and oxygen atoms in total. The van der Waals surface area contributed by atoms with Gasteiger partial charge in [-0.05, 0) is 30.7 Å². The Morgan fingerprint density at radius 1 is 1.25 bits per heavy atom. The predicted molar refractivity (Wildman–Crippen MR) is 102 cm³/mol. The number of amides is 2. The highest BCUT2D eigenvalue weighted by molar-refractivity contribution is 5.83. The minimum Gasteiger partial charge on any atom is -0.489 e. The summed E-state index contributed by atoms with van der Waals surface area (Å²) in [6.45, 7) is 1.43. The summed E-state index contributed by atoms with van der Waals surface area (Å²) in [6, 6.07) is 11.8. The predicted octanol–water partition coefficient (Wildman–Crippen LogP) is 2.20. The molecule has 1 unspecified atom stereocenters. The fraction of sp³-hybridized carbons (Fsp3) is 0.381. The van der Waals surface area contributed by atoms with Crippen molar-refractivity contribution in [2.75, 3.05) is 26.2 Å². The molecule has 1 N–H and O–H groups in total. The quantitative estimate of drug-likeness (QED) is 0.707. The normalized spacial score (nSPS) is 16.7. The van der Waals surface area contributed by atoms with Crippen LogP contribution in [0.5, 0.6) is 5.75 Å². The Hall–Kier alpha value is -2.96. The molecule has 0 spiro atoms. The summed E-state index contributed by atoms with van der Waals surface area (Å²) in [4.78, 5) is 30.6. The van der Waals surface area contributed by atoms with Crippen LogP contribution in [0.1, 0.15) is 18.5 Å². The number of carbonyl (C=O) groups excluding carboxylic acids is 2. The topological polar surface area (TPSA) is 71.5 Å². The number of pyridine rings is 1. The smallest absolute Gasteiger partial charge is 0.225 e. The van der Waals surface area contributed by atoms with Gasteiger partial charge in [0.05, 0.1) is 12.5 Å². The Balaban J connectivity index is 1.42. The van der Waals surface area contributed by atoms with Gasteiger partial charge >= 0.3 is 0 Å². The van der Waals surface area contributed by atoms with Gasteiger partial charge in [0, 0.05) is 37.8 Å². The van der Waals surface area contributed by atoms with Crippen LogP contribution < -0.4 is 10.1 Å². The third kappa shape index (κ3) is 5.52. The van der Waals surface area contributed by atoms with Gasteiger partial charge in [-0.3, -0.25) is 14.6 Å². The summed E-state index contributed by atoms with van der Waals surface area (Å²) in [5, 5.41) is 2.81. The summed E-state index contributed by atoms with van der Waals surface area (Å²) >= 11 is 0. The van der Waals surface area contributed by atoms with Gasteiger partial charge in [-0.25, -0.2) is 4.39 Å². The first-order valence-electron chi connectivity index (χ1n) is 9.46. The number of hydrogen-bond acceptors (Lipinski definition) is 4. The van der Waals surface area contributed by atoms with Gasteiger partial charge in [0.15, 0.2) is 11.6 Å². The Labute approximate surface area is 163 Å². The fourth-order valence-corrected chi connectivity index (χ4v) is 3.18. The number of ether oxygens (including phenoxy) is 1. The molecule has 1 fully saturated rings. The Kier molecular flexibility index (Phi) is 6.94. The lowest BCUT2D eigenvalue weighted by molar-refractivity contribution is -0.138. The van der Waals surface area contributed by atoms with Gasteiger partial charge in [0.1, 0.15) is 6.61 Å². The van der Waals surface area contributed by atoms with Crippen molar-refractivity contribution in [1.82, 2.24) is 15.2 Å². The first-order chi connectivity index (χ1) is 13.6. The number of piperidine rings is 1. The maximum absolute atomic E-state index is 13.5. The van der Waals surface area contributed by atoms with Crippen molar-refractivity contribution in [2.45, 2.75) is 19.3 Å². The first-order valence-corrected chi connectivity index (χ1v) is 9.46. The number of likely N-dealkylation sites (tertiary alicyclic amines) is 1. The SMILES string of the molecule is O=C(NCCOc1ccccc1F)C1CCC(=O)N(CCc2ccccn2)C1. The largest absolute Gasteiger partial charge is 0.489 e. The Morgan fingerprint density at radius 3 is 2.86 bits per heavy atom. The van der Waals surface area contributed by atoms with E-state index in [4.69, 9.17) is 4.74 Å². The second kappa shape index (κ2) is 9.82. The molecule has 148 valence electrons. The molecule has 2 heterocycles. The van der Waals surface area contributed by atoms with Gasteiger partial charge in [-0.1, -0.05) is 18.2 Å². The third-order valence-corrected chi connectivity index (χ3v) is 4.73. The number of carbonyl (C=O) groups is 2. The summed E-state index contributed by atoms with van der Waals surface area (Å²) in [6.07, 6.45) is 3.30. The Morgan fingerprint density at radius 2 is 2.07 bits per heavy atom. The van der Waals surface area contributed by atoms with E-state index in [0.717, 1.165) is 5.69 Å². The zero-order valence-electron chi connectivity index (χ0n) is 15.6. The highest BCUT2D eigenvalue weighted by atomic mass is 19.1. The van der Waals surface area contributed by atoms with Crippen molar-refractivity contribution in [2.24, 2.45) is 5.92 Å². The van der Waals surface area contributed by atoms with Crippen molar-refractivity contribution in [3.63, 3.8) is 0 Å². The molecule has 0 radical (unpaired) electrons. The molecular weight excluding hydrogens is 361 g/mol. The molecular formula is C21H24FN3O3. The van der Waals surface area contributed by atoms with Crippen LogP contribution in [0.3, 0.4) is 0 Å². The number of hydrogen-bond donors (Lipinski definition) is 1. The van der Waals surface area contributed by atoms with Crippen LogP contribution in [0.25, 0.3) is 0 Å². The van der Waals surface area contributed by atoms with Crippen LogP contribution in [0.4, 0.5) is 4.39 Å². The van der Waals surface area contributed by atoms with E-state index in [1.54, 1.807) is 29.3 Å². The van der Waals surface area contributed by atoms with E-state index in [2.05, 4.69) is 10.3 Å². The average Bonchev–Trinajstić information content (AvgIpc) is 2.72. The zero-order chi connectivity index (χ0) is 19.8. The second-order valence-corrected chi connectivity index (χ2v) is 6.72. The number of halogens is 1. The second-order valence-electron chi connectivity index (χ2n) is 6.72. The Bertz CT molecular complexity index is 800. The van der Waals surface area contributed by atoms with Crippen LogP contribution in [0, 0.1) is 11.7 Å². The highest BCUT2D eigenvalue weighted by Crippen LogP contribution is 2.18. The molecule has 28 heavy (non-hydrogen) atoms. The van der Waals surface area contributed by atoms with Crippen molar-refractivity contribution >= 4 is 11.8 Å². The molecule has 2 aromatic rings. The van der Waals surface area contributed by atoms with Crippen LogP contribution in [-0.2, 0) is 16.0 Å². The third-order valence-electron chi connectivity index (χ3n) is 4.73. The number of nitrogens with zero attached hydrogens (tertiary/aromatic N) is 2. The molecule has 1 aliphatic heterocycles. The van der Waals surface area contributed by atoms with Crippen LogP contribution in [0.2, 0.25) is 0 Å². The molecule has 0 aliphatic carbocycles. The summed E-state index contributed by atoms with van der Waals surface area (Å²) in [5.41, 5.74) is 0.923. The lowest BCUT2D eigenvalue weighted by Crippen LogP contribution is -2.47. The van der Waals surface area contributed by atoms with Crippen LogP contribution in [0.15, 0.2) is 48.7 Å². The van der Waals surface area contributed by atoms with Crippen molar-refractivity contribution in [1.29, 1.82) is 0 Å². The molecule has 2 amide bonds. The number of nitrogens with one attached hydrogen (secondary N) is 1. The molecule has 7 heteroatoms. The molecule has 3 rings (SSSR count). The molecule has 1 aliphatic rings. The van der Waals surface area contributed by atoms with E-state index in [0.29, 0.717) is 32.4 Å². The van der Waals surface area contributed by atoms with E-state index in [1.165, 1.54) is 6.07 Å². The molecule has 1 saturated heterocycles. The van der Waals surface area contributed by atoms with Crippen molar-refractivity contribution in [3.8, 4) is 5.75 Å². The van der Waals surface area contributed by atoms with Gasteiger partial charge in [0.2, 0.25) is 11.8 Å². The summed E-state index contributed by atoms with van der Waals surface area (Å²) in [5.74, 6) is -0.533. The average molecular weight is 385 g/mol. The number of rotatable bonds is 8. The lowest BCUT2D eigenvalue weighted by Gasteiger charge is -2.32. The molecule has 1 aromatic heterocycles. The number of benzene rings is 1. The minimum atomic E-state index is -0.428. The van der Waals surface area contributed by atoms with E-state index < -0.39 is 5.82 Å². The molecule has 0 saturated carbocycles. The van der Waals surface area contributed by atoms with Gasteiger partial charge in [0.25, 0.3) is 0 Å². The zero-order valence-corrected chi connectivity index (χ0v) is 15.6. The van der Waals surface area contributed by atoms with E-state index in [1.807, 2.05) is 18.2 Å². The monoisotopic (exact) mass is 385 g/mol. The lowest BCUT2D eigenvalue weighted by atomic mass is 9.96. The standard InChI is InChI=1S/C21H24FN3O3/c22-18-6-1-2-7-19(18)28-14-12-24-21(27)16-8-9-20(26)25(15-16)13-10-17-5-3-4-11-23-17/h1-7,11,16H,8-10,12-15H2,(H,24,27). The van der Waals surface area contributed by atoms with Crippen molar-refractivity contribution in [3.05, 3.63) is 60.2 Å². The summed E-state index contributed by atoms with van der Waals surface area (Å²) < 4.78 is 18.8. The van der Waals surface area contributed by atoms with Crippen LogP contribution in [-0.4, -0.2) is 47.9 Å². The van der Waals surface area contributed by atoms with Gasteiger partial charge in [-0.15, -0.1) is 0 Å². The maximum Gasteiger partial charge on any atom is 0.225 e.